The molecule has 0 saturated heterocycles. The van der Waals surface area contributed by atoms with Crippen LogP contribution in [0.4, 0.5) is 0 Å². The Kier molecular flexibility index (Phi) is 3.33. The van der Waals surface area contributed by atoms with Crippen LogP contribution in [0.2, 0.25) is 0 Å². The summed E-state index contributed by atoms with van der Waals surface area (Å²) in [5, 5.41) is 0. The Morgan fingerprint density at radius 3 is 2.41 bits per heavy atom. The largest absolute Gasteiger partial charge is 0.463 e. The van der Waals surface area contributed by atoms with E-state index in [2.05, 4.69) is 13.0 Å². The molecule has 0 atom stereocenters. The lowest BCUT2D eigenvalue weighted by atomic mass is 9.80. The van der Waals surface area contributed by atoms with E-state index < -0.39 is 0 Å². The average molecular weight is 236 g/mol. The fourth-order valence-corrected chi connectivity index (χ4v) is 3.62. The Balaban J connectivity index is 1.94. The van der Waals surface area contributed by atoms with Gasteiger partial charge in [-0.2, -0.15) is 0 Å². The second-order valence-electron chi connectivity index (χ2n) is 6.30. The van der Waals surface area contributed by atoms with Crippen molar-refractivity contribution in [1.82, 2.24) is 0 Å². The molecule has 0 spiro atoms. The van der Waals surface area contributed by atoms with Crippen LogP contribution in [0.25, 0.3) is 0 Å². The van der Waals surface area contributed by atoms with Gasteiger partial charge in [0.05, 0.1) is 6.61 Å². The molecule has 2 rings (SSSR count). The van der Waals surface area contributed by atoms with Crippen LogP contribution in [-0.2, 0) is 9.53 Å². The van der Waals surface area contributed by atoms with Crippen molar-refractivity contribution in [3.63, 3.8) is 0 Å². The highest BCUT2D eigenvalue weighted by molar-refractivity contribution is 5.87. The number of esters is 1. The average Bonchev–Trinajstić information content (AvgIpc) is 2.80. The molecule has 0 aromatic heterocycles. The summed E-state index contributed by atoms with van der Waals surface area (Å²) in [6, 6.07) is 0. The Hall–Kier alpha value is -0.790. The number of hydrogen-bond donors (Lipinski definition) is 0. The molecule has 2 fully saturated rings. The van der Waals surface area contributed by atoms with Crippen LogP contribution in [0, 0.1) is 10.8 Å². The van der Waals surface area contributed by atoms with Crippen molar-refractivity contribution in [2.45, 2.75) is 59.3 Å². The molecule has 0 amide bonds. The molecule has 96 valence electrons. The summed E-state index contributed by atoms with van der Waals surface area (Å²) in [5.41, 5.74) is 1.88. The number of fused-ring (bicyclic) bond motifs is 2. The van der Waals surface area contributed by atoms with E-state index >= 15 is 0 Å². The molecular formula is C15H24O2. The summed E-state index contributed by atoms with van der Waals surface area (Å²) in [4.78, 5) is 11.5. The topological polar surface area (TPSA) is 26.3 Å². The predicted octanol–water partition coefficient (Wildman–Crippen LogP) is 3.86. The normalized spacial score (nSPS) is 36.3. The smallest absolute Gasteiger partial charge is 0.333 e. The molecule has 0 aliphatic heterocycles. The Morgan fingerprint density at radius 2 is 1.94 bits per heavy atom. The number of carbonyl (C=O) groups is 1. The Morgan fingerprint density at radius 1 is 1.29 bits per heavy atom. The van der Waals surface area contributed by atoms with E-state index in [1.54, 1.807) is 0 Å². The molecule has 2 bridgehead atoms. The Bertz CT molecular complexity index is 333. The van der Waals surface area contributed by atoms with Crippen molar-refractivity contribution in [3.8, 4) is 0 Å². The number of carbonyl (C=O) groups excluding carboxylic acids is 1. The van der Waals surface area contributed by atoms with Crippen molar-refractivity contribution in [2.24, 2.45) is 10.8 Å². The highest BCUT2D eigenvalue weighted by atomic mass is 16.5. The zero-order valence-electron chi connectivity index (χ0n) is 11.3. The standard InChI is InChI=1S/C15H24O2/c1-4-17-13(16)12(2)5-6-15-9-7-14(3,11-15)8-10-15/h5H,4,6-11H2,1-3H3/b12-5+. The molecule has 0 unspecified atom stereocenters. The van der Waals surface area contributed by atoms with Gasteiger partial charge in [0.1, 0.15) is 0 Å². The first-order valence-electron chi connectivity index (χ1n) is 6.83. The van der Waals surface area contributed by atoms with Crippen LogP contribution in [0.5, 0.6) is 0 Å². The van der Waals surface area contributed by atoms with Gasteiger partial charge in [-0.1, -0.05) is 13.0 Å². The van der Waals surface area contributed by atoms with Crippen LogP contribution in [0.3, 0.4) is 0 Å². The van der Waals surface area contributed by atoms with Crippen LogP contribution < -0.4 is 0 Å². The summed E-state index contributed by atoms with van der Waals surface area (Å²) in [6.07, 6.45) is 9.96. The lowest BCUT2D eigenvalue weighted by Crippen LogP contribution is -2.13. The minimum Gasteiger partial charge on any atom is -0.463 e. The molecule has 0 N–H and O–H groups in total. The van der Waals surface area contributed by atoms with Gasteiger partial charge in [-0.3, -0.25) is 0 Å². The van der Waals surface area contributed by atoms with Crippen LogP contribution >= 0.6 is 0 Å². The first-order chi connectivity index (χ1) is 7.99. The van der Waals surface area contributed by atoms with E-state index in [0.717, 1.165) is 12.0 Å². The maximum atomic E-state index is 11.5. The SMILES string of the molecule is CCOC(=O)/C(C)=C/CC12CCC(C)(CC1)C2. The van der Waals surface area contributed by atoms with E-state index in [1.165, 1.54) is 32.1 Å². The number of ether oxygens (including phenoxy) is 1. The molecule has 2 saturated carbocycles. The zero-order chi connectivity index (χ0) is 12.5. The minimum atomic E-state index is -0.150. The zero-order valence-corrected chi connectivity index (χ0v) is 11.3. The van der Waals surface area contributed by atoms with E-state index in [1.807, 2.05) is 13.8 Å². The van der Waals surface area contributed by atoms with Gasteiger partial charge in [0.2, 0.25) is 0 Å². The van der Waals surface area contributed by atoms with Gasteiger partial charge in [0.15, 0.2) is 0 Å². The van der Waals surface area contributed by atoms with E-state index in [-0.39, 0.29) is 5.97 Å². The van der Waals surface area contributed by atoms with E-state index in [4.69, 9.17) is 4.74 Å². The lowest BCUT2D eigenvalue weighted by Gasteiger charge is -2.25. The maximum absolute atomic E-state index is 11.5. The number of allylic oxidation sites excluding steroid dienone is 1. The fraction of sp³-hybridized carbons (Fsp3) is 0.800. The molecule has 2 heteroatoms. The second kappa shape index (κ2) is 4.47. The van der Waals surface area contributed by atoms with Crippen LogP contribution in [0.15, 0.2) is 11.6 Å². The number of hydrogen-bond acceptors (Lipinski definition) is 2. The van der Waals surface area contributed by atoms with Crippen LogP contribution in [0.1, 0.15) is 59.3 Å². The van der Waals surface area contributed by atoms with Crippen molar-refractivity contribution >= 4 is 5.97 Å². The van der Waals surface area contributed by atoms with Gasteiger partial charge in [0, 0.05) is 5.57 Å². The van der Waals surface area contributed by atoms with Crippen molar-refractivity contribution in [3.05, 3.63) is 11.6 Å². The fourth-order valence-electron chi connectivity index (χ4n) is 3.62. The maximum Gasteiger partial charge on any atom is 0.333 e. The summed E-state index contributed by atoms with van der Waals surface area (Å²) < 4.78 is 5.01. The molecule has 0 aromatic rings. The summed E-state index contributed by atoms with van der Waals surface area (Å²) in [5.74, 6) is -0.150. The van der Waals surface area contributed by atoms with Gasteiger partial charge in [-0.05, 0) is 63.2 Å². The molecule has 17 heavy (non-hydrogen) atoms. The Labute approximate surface area is 104 Å². The highest BCUT2D eigenvalue weighted by Crippen LogP contribution is 2.62. The van der Waals surface area contributed by atoms with Crippen molar-refractivity contribution in [2.75, 3.05) is 6.61 Å². The van der Waals surface area contributed by atoms with E-state index in [0.29, 0.717) is 17.4 Å². The van der Waals surface area contributed by atoms with Gasteiger partial charge in [0.25, 0.3) is 0 Å². The van der Waals surface area contributed by atoms with Gasteiger partial charge < -0.3 is 4.74 Å². The van der Waals surface area contributed by atoms with Gasteiger partial charge >= 0.3 is 5.97 Å². The van der Waals surface area contributed by atoms with Gasteiger partial charge in [-0.25, -0.2) is 4.79 Å². The number of rotatable bonds is 4. The molecule has 2 aliphatic rings. The first kappa shape index (κ1) is 12.7. The molecule has 2 aliphatic carbocycles. The summed E-state index contributed by atoms with van der Waals surface area (Å²) in [7, 11) is 0. The van der Waals surface area contributed by atoms with Crippen molar-refractivity contribution < 1.29 is 9.53 Å². The minimum absolute atomic E-state index is 0.150. The monoisotopic (exact) mass is 236 g/mol. The van der Waals surface area contributed by atoms with E-state index in [9.17, 15) is 4.79 Å². The summed E-state index contributed by atoms with van der Waals surface area (Å²) >= 11 is 0. The first-order valence-corrected chi connectivity index (χ1v) is 6.83. The molecule has 0 radical (unpaired) electrons. The third kappa shape index (κ3) is 2.56. The molecule has 0 heterocycles. The predicted molar refractivity (Wildman–Crippen MR) is 68.6 cm³/mol. The van der Waals surface area contributed by atoms with Gasteiger partial charge in [-0.15, -0.1) is 0 Å². The third-order valence-corrected chi connectivity index (χ3v) is 4.76. The molecular weight excluding hydrogens is 212 g/mol. The van der Waals surface area contributed by atoms with Crippen LogP contribution in [-0.4, -0.2) is 12.6 Å². The van der Waals surface area contributed by atoms with Crippen molar-refractivity contribution in [1.29, 1.82) is 0 Å². The molecule has 2 nitrogen and oxygen atoms in total. The lowest BCUT2D eigenvalue weighted by molar-refractivity contribution is -0.138. The third-order valence-electron chi connectivity index (χ3n) is 4.76. The quantitative estimate of drug-likeness (QED) is 0.547. The summed E-state index contributed by atoms with van der Waals surface area (Å²) in [6.45, 7) is 6.61. The highest BCUT2D eigenvalue weighted by Gasteiger charge is 2.50. The molecule has 0 aromatic carbocycles. The second-order valence-corrected chi connectivity index (χ2v) is 6.30.